The minimum atomic E-state index is -3.44. The molecule has 1 aliphatic rings. The topological polar surface area (TPSA) is 95.0 Å². The minimum Gasteiger partial charge on any atom is -0.480 e. The fraction of sp³-hybridized carbons (Fsp3) is 0.800. The van der Waals surface area contributed by atoms with Crippen LogP contribution in [-0.2, 0) is 19.6 Å². The summed E-state index contributed by atoms with van der Waals surface area (Å²) in [5.74, 6) is -1.50. The van der Waals surface area contributed by atoms with Crippen molar-refractivity contribution in [2.75, 3.05) is 26.4 Å². The lowest BCUT2D eigenvalue weighted by Gasteiger charge is -2.33. The van der Waals surface area contributed by atoms with Gasteiger partial charge in [0.05, 0.1) is 12.8 Å². The van der Waals surface area contributed by atoms with Gasteiger partial charge in [0.15, 0.2) is 0 Å². The highest BCUT2D eigenvalue weighted by Crippen LogP contribution is 2.17. The molecule has 1 amide bonds. The van der Waals surface area contributed by atoms with Crippen LogP contribution in [0.3, 0.4) is 0 Å². The number of likely N-dealkylation sites (N-methyl/N-ethyl adjacent to an activating group) is 1. The van der Waals surface area contributed by atoms with E-state index in [1.165, 1.54) is 11.9 Å². The standard InChI is InChI=1S/C10H18N2O5S/c1-11(18(2,16)17)7-9(13)12-6-4-3-5-8(12)10(14)15/h8H,3-7H2,1-2H3,(H,14,15). The van der Waals surface area contributed by atoms with Crippen LogP contribution in [0.4, 0.5) is 0 Å². The minimum absolute atomic E-state index is 0.317. The second-order valence-electron chi connectivity index (χ2n) is 4.46. The van der Waals surface area contributed by atoms with Gasteiger partial charge in [0, 0.05) is 13.6 Å². The number of hydrogen-bond acceptors (Lipinski definition) is 4. The number of piperidine rings is 1. The van der Waals surface area contributed by atoms with Crippen LogP contribution in [0.2, 0.25) is 0 Å². The van der Waals surface area contributed by atoms with E-state index in [1.807, 2.05) is 0 Å². The lowest BCUT2D eigenvalue weighted by atomic mass is 10.0. The van der Waals surface area contributed by atoms with Crippen molar-refractivity contribution in [1.82, 2.24) is 9.21 Å². The fourth-order valence-corrected chi connectivity index (χ4v) is 2.23. The zero-order valence-electron chi connectivity index (χ0n) is 10.5. The SMILES string of the molecule is CN(CC(=O)N1CCCCC1C(=O)O)S(C)(=O)=O. The van der Waals surface area contributed by atoms with Crippen molar-refractivity contribution < 1.29 is 23.1 Å². The predicted octanol–water partition coefficient (Wildman–Crippen LogP) is -0.656. The summed E-state index contributed by atoms with van der Waals surface area (Å²) in [5, 5.41) is 9.03. The first-order chi connectivity index (χ1) is 8.23. The molecule has 7 nitrogen and oxygen atoms in total. The molecular weight excluding hydrogens is 260 g/mol. The maximum absolute atomic E-state index is 11.9. The number of likely N-dealkylation sites (tertiary alicyclic amines) is 1. The number of carboxylic acids is 1. The van der Waals surface area contributed by atoms with E-state index in [4.69, 9.17) is 5.11 Å². The molecule has 1 rings (SSSR count). The average molecular weight is 278 g/mol. The van der Waals surface area contributed by atoms with Gasteiger partial charge in [0.2, 0.25) is 15.9 Å². The van der Waals surface area contributed by atoms with Crippen molar-refractivity contribution in [3.8, 4) is 0 Å². The molecule has 1 fully saturated rings. The van der Waals surface area contributed by atoms with Gasteiger partial charge in [0.25, 0.3) is 0 Å². The van der Waals surface area contributed by atoms with Gasteiger partial charge in [-0.05, 0) is 19.3 Å². The van der Waals surface area contributed by atoms with Crippen molar-refractivity contribution in [1.29, 1.82) is 0 Å². The number of sulfonamides is 1. The molecule has 0 aromatic heterocycles. The molecule has 104 valence electrons. The number of amides is 1. The summed E-state index contributed by atoms with van der Waals surface area (Å²) in [7, 11) is -2.14. The van der Waals surface area contributed by atoms with Crippen molar-refractivity contribution in [2.45, 2.75) is 25.3 Å². The monoisotopic (exact) mass is 278 g/mol. The number of carbonyl (C=O) groups excluding carboxylic acids is 1. The molecule has 0 spiro atoms. The molecule has 1 aliphatic heterocycles. The highest BCUT2D eigenvalue weighted by Gasteiger charge is 2.32. The summed E-state index contributed by atoms with van der Waals surface area (Å²) in [4.78, 5) is 24.2. The normalized spacial score (nSPS) is 21.1. The van der Waals surface area contributed by atoms with Gasteiger partial charge in [-0.15, -0.1) is 0 Å². The van der Waals surface area contributed by atoms with Gasteiger partial charge in [-0.1, -0.05) is 0 Å². The van der Waals surface area contributed by atoms with Crippen molar-refractivity contribution >= 4 is 21.9 Å². The number of rotatable bonds is 4. The van der Waals surface area contributed by atoms with E-state index in [0.717, 1.165) is 23.4 Å². The Bertz CT molecular complexity index is 434. The van der Waals surface area contributed by atoms with Crippen LogP contribution in [0.15, 0.2) is 0 Å². The van der Waals surface area contributed by atoms with Gasteiger partial charge in [-0.2, -0.15) is 4.31 Å². The quantitative estimate of drug-likeness (QED) is 0.737. The van der Waals surface area contributed by atoms with Gasteiger partial charge < -0.3 is 10.0 Å². The van der Waals surface area contributed by atoms with Crippen molar-refractivity contribution in [3.63, 3.8) is 0 Å². The van der Waals surface area contributed by atoms with Gasteiger partial charge in [0.1, 0.15) is 6.04 Å². The Labute approximate surface area is 106 Å². The van der Waals surface area contributed by atoms with E-state index in [0.29, 0.717) is 13.0 Å². The first kappa shape index (κ1) is 14.9. The van der Waals surface area contributed by atoms with E-state index in [1.54, 1.807) is 0 Å². The first-order valence-electron chi connectivity index (χ1n) is 5.67. The Morgan fingerprint density at radius 2 is 2.00 bits per heavy atom. The molecule has 0 saturated carbocycles. The van der Waals surface area contributed by atoms with Gasteiger partial charge in [-0.3, -0.25) is 4.79 Å². The molecule has 1 atom stereocenters. The maximum Gasteiger partial charge on any atom is 0.326 e. The van der Waals surface area contributed by atoms with Crippen LogP contribution in [0.5, 0.6) is 0 Å². The number of aliphatic carboxylic acids is 1. The molecule has 1 N–H and O–H groups in total. The number of carbonyl (C=O) groups is 2. The van der Waals surface area contributed by atoms with Crippen LogP contribution in [0.1, 0.15) is 19.3 Å². The highest BCUT2D eigenvalue weighted by molar-refractivity contribution is 7.88. The molecule has 8 heteroatoms. The van der Waals surface area contributed by atoms with Crippen LogP contribution < -0.4 is 0 Å². The first-order valence-corrected chi connectivity index (χ1v) is 7.52. The molecule has 1 heterocycles. The molecule has 1 saturated heterocycles. The molecule has 0 radical (unpaired) electrons. The van der Waals surface area contributed by atoms with E-state index in [9.17, 15) is 18.0 Å². The summed E-state index contributed by atoms with van der Waals surface area (Å²) in [5.41, 5.74) is 0. The number of hydrogen-bond donors (Lipinski definition) is 1. The number of nitrogens with zero attached hydrogens (tertiary/aromatic N) is 2. The van der Waals surface area contributed by atoms with Crippen LogP contribution >= 0.6 is 0 Å². The molecule has 0 aromatic rings. The lowest BCUT2D eigenvalue weighted by molar-refractivity contribution is -0.152. The van der Waals surface area contributed by atoms with Crippen LogP contribution in [0.25, 0.3) is 0 Å². The van der Waals surface area contributed by atoms with Gasteiger partial charge in [-0.25, -0.2) is 13.2 Å². The third kappa shape index (κ3) is 3.67. The summed E-state index contributed by atoms with van der Waals surface area (Å²) in [6.07, 6.45) is 2.94. The van der Waals surface area contributed by atoms with Gasteiger partial charge >= 0.3 is 5.97 Å². The zero-order valence-corrected chi connectivity index (χ0v) is 11.3. The second kappa shape index (κ2) is 5.66. The van der Waals surface area contributed by atoms with E-state index < -0.39 is 27.9 Å². The van der Waals surface area contributed by atoms with E-state index >= 15 is 0 Å². The lowest BCUT2D eigenvalue weighted by Crippen LogP contribution is -2.51. The maximum atomic E-state index is 11.9. The Balaban J connectivity index is 2.73. The molecule has 0 aromatic carbocycles. The average Bonchev–Trinajstić information content (AvgIpc) is 2.27. The number of carboxylic acid groups (broad SMARTS) is 1. The summed E-state index contributed by atoms with van der Waals surface area (Å²) < 4.78 is 23.3. The molecular formula is C10H18N2O5S. The molecule has 1 unspecified atom stereocenters. The third-order valence-corrected chi connectivity index (χ3v) is 4.29. The Hall–Kier alpha value is -1.15. The summed E-state index contributed by atoms with van der Waals surface area (Å²) in [6, 6.07) is -0.834. The largest absolute Gasteiger partial charge is 0.480 e. The molecule has 0 bridgehead atoms. The fourth-order valence-electron chi connectivity index (χ4n) is 1.89. The molecule has 0 aliphatic carbocycles. The van der Waals surface area contributed by atoms with Crippen molar-refractivity contribution in [2.24, 2.45) is 0 Å². The Morgan fingerprint density at radius 1 is 1.39 bits per heavy atom. The third-order valence-electron chi connectivity index (χ3n) is 3.03. The Morgan fingerprint density at radius 3 is 2.50 bits per heavy atom. The predicted molar refractivity (Wildman–Crippen MR) is 64.5 cm³/mol. The van der Waals surface area contributed by atoms with Crippen LogP contribution in [-0.4, -0.2) is 67.0 Å². The summed E-state index contributed by atoms with van der Waals surface area (Å²) >= 11 is 0. The summed E-state index contributed by atoms with van der Waals surface area (Å²) in [6.45, 7) is 0.0516. The van der Waals surface area contributed by atoms with Crippen LogP contribution in [0, 0.1) is 0 Å². The van der Waals surface area contributed by atoms with E-state index in [2.05, 4.69) is 0 Å². The highest BCUT2D eigenvalue weighted by atomic mass is 32.2. The van der Waals surface area contributed by atoms with E-state index in [-0.39, 0.29) is 6.54 Å². The zero-order chi connectivity index (χ0) is 13.9. The smallest absolute Gasteiger partial charge is 0.326 e. The Kier molecular flexibility index (Phi) is 4.69. The second-order valence-corrected chi connectivity index (χ2v) is 6.55. The molecule has 18 heavy (non-hydrogen) atoms. The van der Waals surface area contributed by atoms with Crippen molar-refractivity contribution in [3.05, 3.63) is 0 Å².